The highest BCUT2D eigenvalue weighted by Gasteiger charge is 2.34. The summed E-state index contributed by atoms with van der Waals surface area (Å²) in [5.74, 6) is 0.442. The molecule has 10 heteroatoms. The lowest BCUT2D eigenvalue weighted by atomic mass is 9.94. The molecule has 1 aliphatic rings. The van der Waals surface area contributed by atoms with Crippen LogP contribution in [-0.2, 0) is 0 Å². The highest BCUT2D eigenvalue weighted by molar-refractivity contribution is 6.13. The first-order chi connectivity index (χ1) is 15.7. The standard InChI is InChI=1S/C22H20N10/c1-14-17(4-7-32(14)22-16(9-25)10-26-12-31-22)19(2-5-23)28-11-15(8-24)20-18-3-6-27-21(18)30-13-29-20/h3,6,8,10-13,17,19H,1-2,4,7,24H2,(H,27,29,30)/t17-,19-/m0/s1. The fraction of sp³-hybridized carbons (Fsp3) is 0.227. The predicted octanol–water partition coefficient (Wildman–Crippen LogP) is 2.31. The molecule has 3 N–H and O–H groups in total. The summed E-state index contributed by atoms with van der Waals surface area (Å²) < 4.78 is 0. The van der Waals surface area contributed by atoms with Crippen LogP contribution in [0.3, 0.4) is 0 Å². The van der Waals surface area contributed by atoms with Crippen LogP contribution in [0, 0.1) is 28.6 Å². The highest BCUT2D eigenvalue weighted by Crippen LogP contribution is 2.36. The van der Waals surface area contributed by atoms with Crippen molar-refractivity contribution >= 4 is 28.6 Å². The second-order valence-corrected chi connectivity index (χ2v) is 7.20. The van der Waals surface area contributed by atoms with Gasteiger partial charge in [0, 0.05) is 47.7 Å². The van der Waals surface area contributed by atoms with Crippen molar-refractivity contribution in [3.05, 3.63) is 60.8 Å². The van der Waals surface area contributed by atoms with Gasteiger partial charge < -0.3 is 15.6 Å². The third kappa shape index (κ3) is 3.77. The molecule has 10 nitrogen and oxygen atoms in total. The number of nitriles is 2. The lowest BCUT2D eigenvalue weighted by Gasteiger charge is -2.23. The number of aromatic amines is 1. The van der Waals surface area contributed by atoms with Crippen LogP contribution in [0.15, 0.2) is 54.6 Å². The Bertz CT molecular complexity index is 1290. The summed E-state index contributed by atoms with van der Waals surface area (Å²) in [6.45, 7) is 4.85. The van der Waals surface area contributed by atoms with Gasteiger partial charge in [-0.05, 0) is 12.5 Å². The van der Waals surface area contributed by atoms with Gasteiger partial charge in [-0.3, -0.25) is 4.99 Å². The molecule has 3 aromatic rings. The maximum absolute atomic E-state index is 9.41. The molecule has 158 valence electrons. The minimum absolute atomic E-state index is 0.0795. The van der Waals surface area contributed by atoms with Crippen LogP contribution in [0.25, 0.3) is 16.6 Å². The zero-order valence-electron chi connectivity index (χ0n) is 17.2. The fourth-order valence-corrected chi connectivity index (χ4v) is 3.91. The van der Waals surface area contributed by atoms with Crippen molar-refractivity contribution in [1.29, 1.82) is 10.5 Å². The maximum Gasteiger partial charge on any atom is 0.154 e. The van der Waals surface area contributed by atoms with Gasteiger partial charge in [-0.2, -0.15) is 10.5 Å². The van der Waals surface area contributed by atoms with Crippen LogP contribution in [0.4, 0.5) is 5.82 Å². The number of nitrogens with one attached hydrogen (secondary N) is 1. The van der Waals surface area contributed by atoms with E-state index in [-0.39, 0.29) is 18.4 Å². The topological polar surface area (TPSA) is 157 Å². The van der Waals surface area contributed by atoms with E-state index < -0.39 is 0 Å². The molecule has 0 aromatic carbocycles. The van der Waals surface area contributed by atoms with Gasteiger partial charge in [0.1, 0.15) is 29.9 Å². The smallest absolute Gasteiger partial charge is 0.154 e. The molecule has 32 heavy (non-hydrogen) atoms. The third-order valence-electron chi connectivity index (χ3n) is 5.48. The number of allylic oxidation sites excluding steroid dienone is 1. The third-order valence-corrected chi connectivity index (χ3v) is 5.48. The van der Waals surface area contributed by atoms with Crippen molar-refractivity contribution in [3.8, 4) is 12.1 Å². The van der Waals surface area contributed by atoms with Gasteiger partial charge in [0.2, 0.25) is 0 Å². The van der Waals surface area contributed by atoms with Crippen molar-refractivity contribution in [3.63, 3.8) is 0 Å². The van der Waals surface area contributed by atoms with Crippen molar-refractivity contribution in [1.82, 2.24) is 24.9 Å². The number of anilines is 1. The Kier molecular flexibility index (Phi) is 5.86. The lowest BCUT2D eigenvalue weighted by molar-refractivity contribution is 0.505. The number of nitrogens with zero attached hydrogens (tertiary/aromatic N) is 8. The number of hydrogen-bond donors (Lipinski definition) is 2. The zero-order valence-corrected chi connectivity index (χ0v) is 17.2. The van der Waals surface area contributed by atoms with Crippen LogP contribution < -0.4 is 10.6 Å². The van der Waals surface area contributed by atoms with E-state index in [1.54, 1.807) is 12.4 Å². The molecule has 2 atom stereocenters. The van der Waals surface area contributed by atoms with Gasteiger partial charge in [0.05, 0.1) is 30.4 Å². The van der Waals surface area contributed by atoms with E-state index in [2.05, 4.69) is 43.6 Å². The van der Waals surface area contributed by atoms with E-state index in [4.69, 9.17) is 10.7 Å². The van der Waals surface area contributed by atoms with Gasteiger partial charge in [0.15, 0.2) is 5.82 Å². The molecule has 3 aromatic heterocycles. The minimum atomic E-state index is -0.330. The monoisotopic (exact) mass is 424 g/mol. The Morgan fingerprint density at radius 3 is 3.03 bits per heavy atom. The molecule has 1 saturated heterocycles. The van der Waals surface area contributed by atoms with Crippen LogP contribution >= 0.6 is 0 Å². The first-order valence-corrected chi connectivity index (χ1v) is 9.94. The van der Waals surface area contributed by atoms with E-state index in [0.717, 1.165) is 17.5 Å². The number of hydrogen-bond acceptors (Lipinski definition) is 9. The van der Waals surface area contributed by atoms with Gasteiger partial charge in [0.25, 0.3) is 0 Å². The molecular formula is C22H20N10. The quantitative estimate of drug-likeness (QED) is 0.571. The van der Waals surface area contributed by atoms with Crippen molar-refractivity contribution < 1.29 is 0 Å². The number of H-pyrrole nitrogens is 1. The number of aliphatic imine (C=N–C) groups is 1. The van der Waals surface area contributed by atoms with Gasteiger partial charge in [-0.15, -0.1) is 0 Å². The molecule has 4 heterocycles. The van der Waals surface area contributed by atoms with E-state index >= 15 is 0 Å². The molecule has 0 amide bonds. The second kappa shape index (κ2) is 9.06. The normalized spacial score (nSPS) is 17.6. The number of nitrogens with two attached hydrogens (primary N) is 1. The largest absolute Gasteiger partial charge is 0.404 e. The lowest BCUT2D eigenvalue weighted by Crippen LogP contribution is -2.23. The van der Waals surface area contributed by atoms with Crippen molar-refractivity contribution in [2.45, 2.75) is 18.9 Å². The van der Waals surface area contributed by atoms with Gasteiger partial charge >= 0.3 is 0 Å². The molecule has 1 fully saturated rings. The molecule has 0 aliphatic carbocycles. The zero-order chi connectivity index (χ0) is 22.5. The Morgan fingerprint density at radius 2 is 2.25 bits per heavy atom. The second-order valence-electron chi connectivity index (χ2n) is 7.20. The highest BCUT2D eigenvalue weighted by atomic mass is 15.2. The summed E-state index contributed by atoms with van der Waals surface area (Å²) in [7, 11) is 0. The van der Waals surface area contributed by atoms with Crippen LogP contribution in [0.1, 0.15) is 24.1 Å². The van der Waals surface area contributed by atoms with Crippen LogP contribution in [0.2, 0.25) is 0 Å². The van der Waals surface area contributed by atoms with Gasteiger partial charge in [-0.1, -0.05) is 6.58 Å². The summed E-state index contributed by atoms with van der Waals surface area (Å²) in [5, 5.41) is 19.6. The molecular weight excluding hydrogens is 404 g/mol. The Hall–Kier alpha value is -4.57. The van der Waals surface area contributed by atoms with E-state index in [1.807, 2.05) is 11.0 Å². The molecule has 0 unspecified atom stereocenters. The predicted molar refractivity (Wildman–Crippen MR) is 120 cm³/mol. The SMILES string of the molecule is C=C1[C@@H]([C@H](CC#N)N=CC(=CN)c2ncnc3[nH]ccc23)CCN1c1ncncc1C#N. The maximum atomic E-state index is 9.41. The van der Waals surface area contributed by atoms with Crippen molar-refractivity contribution in [2.24, 2.45) is 16.6 Å². The minimum Gasteiger partial charge on any atom is -0.404 e. The van der Waals surface area contributed by atoms with Crippen molar-refractivity contribution in [2.75, 3.05) is 11.4 Å². The summed E-state index contributed by atoms with van der Waals surface area (Å²) >= 11 is 0. The average Bonchev–Trinajstić information content (AvgIpc) is 3.45. The molecule has 0 spiro atoms. The van der Waals surface area contributed by atoms with E-state index in [0.29, 0.717) is 34.8 Å². The van der Waals surface area contributed by atoms with Crippen LogP contribution in [-0.4, -0.2) is 43.7 Å². The van der Waals surface area contributed by atoms with Gasteiger partial charge in [-0.25, -0.2) is 19.9 Å². The summed E-state index contributed by atoms with van der Waals surface area (Å²) in [5.41, 5.74) is 9.01. The first kappa shape index (κ1) is 20.7. The molecule has 1 aliphatic heterocycles. The molecule has 0 saturated carbocycles. The Morgan fingerprint density at radius 1 is 1.38 bits per heavy atom. The van der Waals surface area contributed by atoms with E-state index in [1.165, 1.54) is 25.1 Å². The Balaban J connectivity index is 1.59. The first-order valence-electron chi connectivity index (χ1n) is 9.94. The Labute approximate surface area is 184 Å². The molecule has 0 radical (unpaired) electrons. The molecule has 4 rings (SSSR count). The molecule has 0 bridgehead atoms. The van der Waals surface area contributed by atoms with Crippen LogP contribution in [0.5, 0.6) is 0 Å². The number of aromatic nitrogens is 5. The summed E-state index contributed by atoms with van der Waals surface area (Å²) in [6.07, 6.45) is 10.2. The summed E-state index contributed by atoms with van der Waals surface area (Å²) in [6, 6.07) is 5.88. The average molecular weight is 424 g/mol. The number of rotatable bonds is 6. The number of fused-ring (bicyclic) bond motifs is 1. The fourth-order valence-electron chi connectivity index (χ4n) is 3.91. The summed E-state index contributed by atoms with van der Waals surface area (Å²) in [4.78, 5) is 26.4. The van der Waals surface area contributed by atoms with E-state index in [9.17, 15) is 10.5 Å².